The number of nitriles is 1. The first-order valence-corrected chi connectivity index (χ1v) is 5.53. The Balaban J connectivity index is 2.63. The van der Waals surface area contributed by atoms with Crippen molar-refractivity contribution in [1.29, 1.82) is 5.26 Å². The van der Waals surface area contributed by atoms with E-state index < -0.39 is 0 Å². The largest absolute Gasteiger partial charge is 0.465 e. The molecule has 6 heteroatoms. The van der Waals surface area contributed by atoms with Gasteiger partial charge in [0.15, 0.2) is 0 Å². The Morgan fingerprint density at radius 2 is 2.28 bits per heavy atom. The molecule has 0 aliphatic heterocycles. The van der Waals surface area contributed by atoms with E-state index >= 15 is 0 Å². The van der Waals surface area contributed by atoms with E-state index in [1.165, 1.54) is 7.11 Å². The molecule has 1 aromatic carbocycles. The molecule has 0 atom stereocenters. The summed E-state index contributed by atoms with van der Waals surface area (Å²) in [5, 5.41) is 14.2. The summed E-state index contributed by atoms with van der Waals surface area (Å²) in [5.41, 5.74) is 2.02. The van der Waals surface area contributed by atoms with Crippen LogP contribution < -0.4 is 5.59 Å². The Morgan fingerprint density at radius 1 is 1.56 bits per heavy atom. The van der Waals surface area contributed by atoms with E-state index in [4.69, 9.17) is 5.26 Å². The van der Waals surface area contributed by atoms with Gasteiger partial charge in [-0.3, -0.25) is 4.68 Å². The summed E-state index contributed by atoms with van der Waals surface area (Å²) in [6.45, 7) is 1.52. The van der Waals surface area contributed by atoms with Crippen molar-refractivity contribution in [3.63, 3.8) is 0 Å². The molecule has 1 aromatic heterocycles. The minimum atomic E-state index is -0.381. The van der Waals surface area contributed by atoms with Gasteiger partial charge < -0.3 is 4.74 Å². The summed E-state index contributed by atoms with van der Waals surface area (Å²) in [5.74, 6) is 1.79. The van der Waals surface area contributed by atoms with E-state index in [2.05, 4.69) is 15.8 Å². The Hall–Kier alpha value is -2.29. The molecule has 90 valence electrons. The number of hydrogen-bond acceptors (Lipinski definition) is 4. The zero-order valence-corrected chi connectivity index (χ0v) is 10.5. The molecule has 0 aliphatic carbocycles. The van der Waals surface area contributed by atoms with Crippen molar-refractivity contribution in [2.75, 3.05) is 7.11 Å². The normalized spacial score (nSPS) is 10.1. The molecule has 0 spiro atoms. The van der Waals surface area contributed by atoms with Gasteiger partial charge in [0.25, 0.3) is 0 Å². The molecule has 0 saturated carbocycles. The number of carbonyl (C=O) groups excluding carboxylic acids is 1. The molecule has 2 aromatic rings. The number of benzene rings is 1. The van der Waals surface area contributed by atoms with E-state index in [1.54, 1.807) is 36.8 Å². The van der Waals surface area contributed by atoms with Gasteiger partial charge >= 0.3 is 12.7 Å². The van der Waals surface area contributed by atoms with E-state index in [9.17, 15) is 4.79 Å². The van der Waals surface area contributed by atoms with Crippen molar-refractivity contribution in [2.24, 2.45) is 7.05 Å². The lowest BCUT2D eigenvalue weighted by Gasteiger charge is -2.00. The Morgan fingerprint density at radius 3 is 2.89 bits per heavy atom. The summed E-state index contributed by atoms with van der Waals surface area (Å²) in [4.78, 5) is 11.5. The van der Waals surface area contributed by atoms with Crippen LogP contribution in [0, 0.1) is 11.2 Å². The Bertz CT molecular complexity index is 657. The average molecular weight is 241 g/mol. The predicted octanol–water partition coefficient (Wildman–Crippen LogP) is 0.754. The minimum Gasteiger partial charge on any atom is -0.465 e. The molecule has 1 heterocycles. The summed E-state index contributed by atoms with van der Waals surface area (Å²) in [6.07, 6.45) is 0. The second kappa shape index (κ2) is 4.53. The van der Waals surface area contributed by atoms with Crippen LogP contribution in [0.3, 0.4) is 0 Å². The van der Waals surface area contributed by atoms with Gasteiger partial charge in [-0.05, 0) is 12.1 Å². The second-order valence-corrected chi connectivity index (χ2v) is 4.08. The lowest BCUT2D eigenvalue weighted by molar-refractivity contribution is 0.0601. The van der Waals surface area contributed by atoms with E-state index in [0.717, 1.165) is 16.5 Å². The molecule has 0 amide bonds. The van der Waals surface area contributed by atoms with Crippen LogP contribution >= 0.6 is 0 Å². The van der Waals surface area contributed by atoms with Gasteiger partial charge in [0.05, 0.1) is 23.8 Å². The monoisotopic (exact) mass is 241 g/mol. The van der Waals surface area contributed by atoms with Crippen LogP contribution in [-0.4, -0.2) is 29.6 Å². The lowest BCUT2D eigenvalue weighted by atomic mass is 9.50. The van der Waals surface area contributed by atoms with Gasteiger partial charge in [0, 0.05) is 18.4 Å². The number of rotatable bonds is 2. The number of methoxy groups -OCH3 is 1. The summed E-state index contributed by atoms with van der Waals surface area (Å²) < 4.78 is 6.35. The fourth-order valence-corrected chi connectivity index (χ4v) is 1.91. The zero-order chi connectivity index (χ0) is 13.3. The zero-order valence-electron chi connectivity index (χ0n) is 10.5. The maximum absolute atomic E-state index is 11.5. The Labute approximate surface area is 105 Å². The first-order valence-electron chi connectivity index (χ1n) is 5.53. The van der Waals surface area contributed by atoms with Gasteiger partial charge in [0.1, 0.15) is 0 Å². The van der Waals surface area contributed by atoms with Crippen LogP contribution in [0.1, 0.15) is 10.4 Å². The number of carbonyl (C=O) groups is 1. The number of ether oxygens (including phenoxy) is 1. The molecule has 0 radical (unpaired) electrons. The molecule has 0 N–H and O–H groups in total. The standard InChI is InChI=1S/C12H12BN3O2/c1-13(7-14)11-9-5-4-8(12(17)18-3)6-10(9)16(2)15-11/h4-6H,1-3H3. The fourth-order valence-electron chi connectivity index (χ4n) is 1.91. The van der Waals surface area contributed by atoms with Crippen LogP contribution in [0.2, 0.25) is 6.82 Å². The van der Waals surface area contributed by atoms with E-state index in [-0.39, 0.29) is 12.7 Å². The van der Waals surface area contributed by atoms with E-state index in [0.29, 0.717) is 5.56 Å². The van der Waals surface area contributed by atoms with Crippen molar-refractivity contribution in [3.05, 3.63) is 23.8 Å². The fraction of sp³-hybridized carbons (Fsp3) is 0.250. The number of aryl methyl sites for hydroxylation is 1. The highest BCUT2D eigenvalue weighted by molar-refractivity contribution is 6.80. The maximum atomic E-state index is 11.5. The van der Waals surface area contributed by atoms with Crippen molar-refractivity contribution in [3.8, 4) is 5.97 Å². The van der Waals surface area contributed by atoms with Gasteiger partial charge in [-0.25, -0.2) is 10.1 Å². The third-order valence-corrected chi connectivity index (χ3v) is 2.90. The van der Waals surface area contributed by atoms with Gasteiger partial charge in [0.2, 0.25) is 0 Å². The Kier molecular flexibility index (Phi) is 3.07. The minimum absolute atomic E-state index is 0.280. The average Bonchev–Trinajstić information content (AvgIpc) is 2.74. The van der Waals surface area contributed by atoms with Crippen LogP contribution in [0.15, 0.2) is 18.2 Å². The van der Waals surface area contributed by atoms with Crippen molar-refractivity contribution in [2.45, 2.75) is 6.82 Å². The number of esters is 1. The van der Waals surface area contributed by atoms with Crippen molar-refractivity contribution < 1.29 is 9.53 Å². The number of aromatic nitrogens is 2. The van der Waals surface area contributed by atoms with Gasteiger partial charge in [-0.15, -0.1) is 0 Å². The molecule has 0 fully saturated rings. The second-order valence-electron chi connectivity index (χ2n) is 4.08. The van der Waals surface area contributed by atoms with E-state index in [1.807, 2.05) is 0 Å². The van der Waals surface area contributed by atoms with Crippen LogP contribution in [0.5, 0.6) is 0 Å². The highest BCUT2D eigenvalue weighted by atomic mass is 16.5. The first kappa shape index (κ1) is 12.2. The quantitative estimate of drug-likeness (QED) is 0.574. The SMILES string of the molecule is COC(=O)c1ccc2c(B(C)C#N)nn(C)c2c1. The molecule has 18 heavy (non-hydrogen) atoms. The number of hydrogen-bond donors (Lipinski definition) is 0. The summed E-state index contributed by atoms with van der Waals surface area (Å²) in [7, 11) is 3.13. The highest BCUT2D eigenvalue weighted by Gasteiger charge is 2.19. The van der Waals surface area contributed by atoms with Crippen LogP contribution in [-0.2, 0) is 11.8 Å². The van der Waals surface area contributed by atoms with Gasteiger partial charge in [-0.1, -0.05) is 12.9 Å². The lowest BCUT2D eigenvalue weighted by Crippen LogP contribution is -2.27. The van der Waals surface area contributed by atoms with Crippen LogP contribution in [0.4, 0.5) is 0 Å². The molecule has 0 bridgehead atoms. The summed E-state index contributed by atoms with van der Waals surface area (Å²) in [6, 6.07) is 5.21. The number of fused-ring (bicyclic) bond motifs is 1. The first-order chi connectivity index (χ1) is 8.58. The summed E-state index contributed by atoms with van der Waals surface area (Å²) >= 11 is 0. The number of nitrogens with zero attached hydrogens (tertiary/aromatic N) is 3. The highest BCUT2D eigenvalue weighted by Crippen LogP contribution is 2.15. The molecule has 2 rings (SSSR count). The molecular formula is C12H12BN3O2. The predicted molar refractivity (Wildman–Crippen MR) is 68.9 cm³/mol. The smallest absolute Gasteiger partial charge is 0.337 e. The topological polar surface area (TPSA) is 67.9 Å². The van der Waals surface area contributed by atoms with Crippen LogP contribution in [0.25, 0.3) is 10.9 Å². The third kappa shape index (κ3) is 1.84. The molecule has 5 nitrogen and oxygen atoms in total. The molecular weight excluding hydrogens is 229 g/mol. The molecule has 0 unspecified atom stereocenters. The van der Waals surface area contributed by atoms with Gasteiger partial charge in [-0.2, -0.15) is 5.10 Å². The molecule has 0 aliphatic rings. The van der Waals surface area contributed by atoms with Crippen molar-refractivity contribution in [1.82, 2.24) is 9.78 Å². The molecule has 0 saturated heterocycles. The third-order valence-electron chi connectivity index (χ3n) is 2.90. The maximum Gasteiger partial charge on any atom is 0.337 e. The van der Waals surface area contributed by atoms with Crippen molar-refractivity contribution >= 4 is 29.2 Å².